The molecule has 4 nitrogen and oxygen atoms in total. The van der Waals surface area contributed by atoms with Crippen LogP contribution in [0.3, 0.4) is 0 Å². The summed E-state index contributed by atoms with van der Waals surface area (Å²) < 4.78 is 25.4. The number of benzene rings is 2. The normalized spacial score (nSPS) is 22.3. The molecular weight excluding hydrogens is 415 g/mol. The van der Waals surface area contributed by atoms with E-state index in [0.717, 1.165) is 43.7 Å². The van der Waals surface area contributed by atoms with E-state index in [9.17, 15) is 4.39 Å². The summed E-state index contributed by atoms with van der Waals surface area (Å²) in [5.41, 5.74) is 2.19. The van der Waals surface area contributed by atoms with Crippen molar-refractivity contribution in [3.63, 3.8) is 0 Å². The topological polar surface area (TPSA) is 28.2 Å². The maximum atomic E-state index is 13.5. The predicted molar refractivity (Wildman–Crippen MR) is 122 cm³/mol. The highest BCUT2D eigenvalue weighted by atomic mass is 35.5. The van der Waals surface area contributed by atoms with Gasteiger partial charge in [-0.3, -0.25) is 4.90 Å². The summed E-state index contributed by atoms with van der Waals surface area (Å²) in [6, 6.07) is 13.4. The third kappa shape index (κ3) is 5.98. The van der Waals surface area contributed by atoms with E-state index in [1.807, 2.05) is 26.0 Å². The van der Waals surface area contributed by atoms with Crippen molar-refractivity contribution >= 4 is 11.6 Å². The molecule has 0 spiro atoms. The van der Waals surface area contributed by atoms with E-state index in [0.29, 0.717) is 17.6 Å². The minimum atomic E-state index is -0.301. The summed E-state index contributed by atoms with van der Waals surface area (Å²) in [5.74, 6) is 0.593. The van der Waals surface area contributed by atoms with Crippen molar-refractivity contribution in [2.75, 3.05) is 20.1 Å². The van der Waals surface area contributed by atoms with Gasteiger partial charge >= 0.3 is 0 Å². The molecule has 2 saturated heterocycles. The average Bonchev–Trinajstić information content (AvgIpc) is 3.48. The molecule has 31 heavy (non-hydrogen) atoms. The standard InChI is InChI=1S/C25H32ClFN2O2/c1-17(2)30-22-8-4-18(5-9-22)14-24-25(31-24)29(21-10-12-28(3)13-11-21)16-19-6-7-20(27)15-23(19)26/h4-9,15,17,21,24-25H,10-14,16H2,1-3H3. The maximum Gasteiger partial charge on any atom is 0.138 e. The quantitative estimate of drug-likeness (QED) is 0.525. The molecule has 2 fully saturated rings. The van der Waals surface area contributed by atoms with Gasteiger partial charge in [0.2, 0.25) is 0 Å². The van der Waals surface area contributed by atoms with Gasteiger partial charge in [0, 0.05) is 24.0 Å². The van der Waals surface area contributed by atoms with Gasteiger partial charge in [-0.1, -0.05) is 29.8 Å². The van der Waals surface area contributed by atoms with Gasteiger partial charge in [-0.25, -0.2) is 4.39 Å². The zero-order valence-electron chi connectivity index (χ0n) is 18.6. The Hall–Kier alpha value is -1.66. The van der Waals surface area contributed by atoms with Crippen LogP contribution in [0.25, 0.3) is 0 Å². The van der Waals surface area contributed by atoms with E-state index in [2.05, 4.69) is 29.0 Å². The van der Waals surface area contributed by atoms with Crippen molar-refractivity contribution in [2.45, 2.75) is 64.1 Å². The van der Waals surface area contributed by atoms with Crippen LogP contribution < -0.4 is 4.74 Å². The third-order valence-electron chi connectivity index (χ3n) is 6.14. The van der Waals surface area contributed by atoms with Crippen LogP contribution in [0.15, 0.2) is 42.5 Å². The Morgan fingerprint density at radius 1 is 1.16 bits per heavy atom. The average molecular weight is 447 g/mol. The Morgan fingerprint density at radius 3 is 2.52 bits per heavy atom. The van der Waals surface area contributed by atoms with Crippen LogP contribution in [-0.2, 0) is 17.7 Å². The van der Waals surface area contributed by atoms with Gasteiger partial charge in [0.1, 0.15) is 23.9 Å². The van der Waals surface area contributed by atoms with Crippen LogP contribution in [-0.4, -0.2) is 54.4 Å². The largest absolute Gasteiger partial charge is 0.491 e. The van der Waals surface area contributed by atoms with Gasteiger partial charge in [0.15, 0.2) is 0 Å². The molecule has 6 heteroatoms. The highest BCUT2D eigenvalue weighted by molar-refractivity contribution is 6.31. The van der Waals surface area contributed by atoms with E-state index in [4.69, 9.17) is 21.1 Å². The minimum absolute atomic E-state index is 0.0705. The fourth-order valence-electron chi connectivity index (χ4n) is 4.38. The molecule has 0 N–H and O–H groups in total. The number of ether oxygens (including phenoxy) is 2. The Bertz CT molecular complexity index is 868. The van der Waals surface area contributed by atoms with Crippen molar-refractivity contribution in [1.82, 2.24) is 9.80 Å². The van der Waals surface area contributed by atoms with Crippen LogP contribution in [0.1, 0.15) is 37.8 Å². The number of likely N-dealkylation sites (tertiary alicyclic amines) is 1. The van der Waals surface area contributed by atoms with E-state index in [-0.39, 0.29) is 24.3 Å². The van der Waals surface area contributed by atoms with Gasteiger partial charge in [-0.05, 0) is 82.2 Å². The lowest BCUT2D eigenvalue weighted by Gasteiger charge is -2.37. The first-order chi connectivity index (χ1) is 14.9. The summed E-state index contributed by atoms with van der Waals surface area (Å²) in [4.78, 5) is 4.80. The highest BCUT2D eigenvalue weighted by Crippen LogP contribution is 2.35. The van der Waals surface area contributed by atoms with E-state index < -0.39 is 0 Å². The minimum Gasteiger partial charge on any atom is -0.491 e. The number of rotatable bonds is 8. The third-order valence-corrected chi connectivity index (χ3v) is 6.49. The van der Waals surface area contributed by atoms with Crippen LogP contribution in [0.4, 0.5) is 4.39 Å². The molecule has 2 atom stereocenters. The first-order valence-electron chi connectivity index (χ1n) is 11.2. The molecular formula is C25H32ClFN2O2. The molecule has 168 valence electrons. The van der Waals surface area contributed by atoms with Crippen molar-refractivity contribution in [2.24, 2.45) is 0 Å². The second kappa shape index (κ2) is 9.86. The lowest BCUT2D eigenvalue weighted by atomic mass is 10.0. The molecule has 0 amide bonds. The Morgan fingerprint density at radius 2 is 1.87 bits per heavy atom. The number of hydrogen-bond donors (Lipinski definition) is 0. The van der Waals surface area contributed by atoms with Crippen molar-refractivity contribution < 1.29 is 13.9 Å². The summed E-state index contributed by atoms with van der Waals surface area (Å²) in [6.45, 7) is 6.89. The number of hydrogen-bond acceptors (Lipinski definition) is 4. The molecule has 0 saturated carbocycles. The Labute approximate surface area is 189 Å². The molecule has 2 unspecified atom stereocenters. The molecule has 0 aromatic heterocycles. The van der Waals surface area contributed by atoms with Crippen LogP contribution in [0.5, 0.6) is 5.75 Å². The molecule has 2 aliphatic heterocycles. The molecule has 2 aliphatic rings. The van der Waals surface area contributed by atoms with Crippen LogP contribution >= 0.6 is 11.6 Å². The first-order valence-corrected chi connectivity index (χ1v) is 11.6. The second-order valence-electron chi connectivity index (χ2n) is 9.02. The lowest BCUT2D eigenvalue weighted by Crippen LogP contribution is -2.45. The fourth-order valence-corrected chi connectivity index (χ4v) is 4.61. The van der Waals surface area contributed by atoms with Crippen molar-refractivity contribution in [1.29, 1.82) is 0 Å². The van der Waals surface area contributed by atoms with Gasteiger partial charge in [-0.15, -0.1) is 0 Å². The second-order valence-corrected chi connectivity index (χ2v) is 9.43. The van der Waals surface area contributed by atoms with E-state index in [1.165, 1.54) is 17.7 Å². The summed E-state index contributed by atoms with van der Waals surface area (Å²) in [5, 5.41) is 0.482. The molecule has 0 aliphatic carbocycles. The monoisotopic (exact) mass is 446 g/mol. The van der Waals surface area contributed by atoms with E-state index in [1.54, 1.807) is 6.07 Å². The molecule has 0 bridgehead atoms. The SMILES string of the molecule is CC(C)Oc1ccc(CC2OC2N(Cc2ccc(F)cc2Cl)C2CCN(C)CC2)cc1. The van der Waals surface area contributed by atoms with Crippen LogP contribution in [0, 0.1) is 5.82 Å². The first kappa shape index (κ1) is 22.5. The molecule has 2 aromatic rings. The molecule has 2 heterocycles. The highest BCUT2D eigenvalue weighted by Gasteiger charge is 2.46. The number of piperidine rings is 1. The van der Waals surface area contributed by atoms with Crippen LogP contribution in [0.2, 0.25) is 5.02 Å². The Balaban J connectivity index is 1.43. The number of nitrogens with zero attached hydrogens (tertiary/aromatic N) is 2. The van der Waals surface area contributed by atoms with Gasteiger partial charge < -0.3 is 14.4 Å². The fraction of sp³-hybridized carbons (Fsp3) is 0.520. The molecule has 0 radical (unpaired) electrons. The van der Waals surface area contributed by atoms with E-state index >= 15 is 0 Å². The van der Waals surface area contributed by atoms with Crippen molar-refractivity contribution in [3.8, 4) is 5.75 Å². The lowest BCUT2D eigenvalue weighted by molar-refractivity contribution is 0.0701. The Kier molecular flexibility index (Phi) is 7.17. The predicted octanol–water partition coefficient (Wildman–Crippen LogP) is 5.13. The summed E-state index contributed by atoms with van der Waals surface area (Å²) in [7, 11) is 2.17. The van der Waals surface area contributed by atoms with Gasteiger partial charge in [0.25, 0.3) is 0 Å². The van der Waals surface area contributed by atoms with Gasteiger partial charge in [0.05, 0.1) is 6.10 Å². The molecule has 2 aromatic carbocycles. The van der Waals surface area contributed by atoms with Gasteiger partial charge in [-0.2, -0.15) is 0 Å². The smallest absolute Gasteiger partial charge is 0.138 e. The summed E-state index contributed by atoms with van der Waals surface area (Å²) >= 11 is 6.35. The maximum absolute atomic E-state index is 13.5. The number of halogens is 2. The zero-order chi connectivity index (χ0) is 22.0. The molecule has 4 rings (SSSR count). The summed E-state index contributed by atoms with van der Waals surface area (Å²) in [6.07, 6.45) is 3.47. The van der Waals surface area contributed by atoms with Crippen molar-refractivity contribution in [3.05, 3.63) is 64.4 Å². The number of epoxide rings is 1. The zero-order valence-corrected chi connectivity index (χ0v) is 19.3.